The molecule has 0 fully saturated rings. The van der Waals surface area contributed by atoms with E-state index >= 15 is 0 Å². The number of ether oxygens (including phenoxy) is 1. The molecule has 134 valence electrons. The van der Waals surface area contributed by atoms with Gasteiger partial charge in [-0.1, -0.05) is 30.3 Å². The van der Waals surface area contributed by atoms with E-state index in [0.717, 1.165) is 10.6 Å². The van der Waals surface area contributed by atoms with Crippen molar-refractivity contribution in [3.8, 4) is 0 Å². The molecule has 7 heteroatoms. The Kier molecular flexibility index (Phi) is 5.26. The molecule has 0 spiro atoms. The van der Waals surface area contributed by atoms with Crippen molar-refractivity contribution in [1.29, 1.82) is 0 Å². The van der Waals surface area contributed by atoms with Gasteiger partial charge in [-0.3, -0.25) is 9.59 Å². The van der Waals surface area contributed by atoms with Crippen LogP contribution in [0.25, 0.3) is 0 Å². The first-order valence-corrected chi connectivity index (χ1v) is 8.17. The van der Waals surface area contributed by atoms with Crippen molar-refractivity contribution in [3.63, 3.8) is 0 Å². The smallest absolute Gasteiger partial charge is 0.284 e. The molecule has 1 atom stereocenters. The van der Waals surface area contributed by atoms with Gasteiger partial charge in [0.25, 0.3) is 12.1 Å². The molecule has 26 heavy (non-hydrogen) atoms. The molecule has 0 aliphatic carbocycles. The summed E-state index contributed by atoms with van der Waals surface area (Å²) in [5, 5.41) is 7.82. The van der Waals surface area contributed by atoms with Gasteiger partial charge in [0.15, 0.2) is 0 Å². The number of hydrogen-bond donors (Lipinski definition) is 1. The molecule has 1 aliphatic heterocycles. The van der Waals surface area contributed by atoms with Crippen molar-refractivity contribution in [2.45, 2.75) is 19.6 Å². The van der Waals surface area contributed by atoms with Gasteiger partial charge in [0, 0.05) is 19.0 Å². The topological polar surface area (TPSA) is 71.0 Å². The Balaban J connectivity index is 1.62. The fourth-order valence-electron chi connectivity index (χ4n) is 2.55. The molecule has 0 aromatic heterocycles. The molecule has 6 nitrogen and oxygen atoms in total. The standard InChI is InChI=1S/C19H18FN3O3/c1-13(24)23-19(26-18(22-23)15-7-3-2-4-8-15)17(25)21-11-10-14-6-5-9-16(20)12-14/h2-9,12,19H,10-11H2,1H3,(H,21,25). The Morgan fingerprint density at radius 2 is 1.96 bits per heavy atom. The second-order valence-corrected chi connectivity index (χ2v) is 5.78. The summed E-state index contributed by atoms with van der Waals surface area (Å²) in [6.07, 6.45) is -0.696. The van der Waals surface area contributed by atoms with E-state index in [0.29, 0.717) is 12.0 Å². The fourth-order valence-corrected chi connectivity index (χ4v) is 2.55. The number of nitrogens with zero attached hydrogens (tertiary/aromatic N) is 2. The molecule has 1 N–H and O–H groups in total. The second-order valence-electron chi connectivity index (χ2n) is 5.78. The lowest BCUT2D eigenvalue weighted by atomic mass is 10.1. The minimum atomic E-state index is -1.16. The number of benzene rings is 2. The molecule has 1 aliphatic rings. The minimum Gasteiger partial charge on any atom is -0.440 e. The lowest BCUT2D eigenvalue weighted by Crippen LogP contribution is -2.45. The lowest BCUT2D eigenvalue weighted by Gasteiger charge is -2.18. The molecule has 0 bridgehead atoms. The molecular weight excluding hydrogens is 337 g/mol. The third-order valence-electron chi connectivity index (χ3n) is 3.81. The molecule has 0 radical (unpaired) electrons. The average molecular weight is 355 g/mol. The molecular formula is C19H18FN3O3. The highest BCUT2D eigenvalue weighted by Gasteiger charge is 2.37. The largest absolute Gasteiger partial charge is 0.440 e. The Bertz CT molecular complexity index is 839. The zero-order valence-electron chi connectivity index (χ0n) is 14.2. The summed E-state index contributed by atoms with van der Waals surface area (Å²) in [5.41, 5.74) is 1.44. The van der Waals surface area contributed by atoms with E-state index in [2.05, 4.69) is 10.4 Å². The summed E-state index contributed by atoms with van der Waals surface area (Å²) in [6.45, 7) is 1.60. The zero-order chi connectivity index (χ0) is 18.5. The van der Waals surface area contributed by atoms with E-state index in [4.69, 9.17) is 4.74 Å². The molecule has 1 heterocycles. The normalized spacial score (nSPS) is 16.0. The van der Waals surface area contributed by atoms with Gasteiger partial charge in [0.2, 0.25) is 11.8 Å². The number of rotatable bonds is 5. The highest BCUT2D eigenvalue weighted by molar-refractivity contribution is 5.99. The maximum Gasteiger partial charge on any atom is 0.284 e. The van der Waals surface area contributed by atoms with Crippen LogP contribution in [0.3, 0.4) is 0 Å². The van der Waals surface area contributed by atoms with E-state index in [-0.39, 0.29) is 18.3 Å². The zero-order valence-corrected chi connectivity index (χ0v) is 14.2. The third-order valence-corrected chi connectivity index (χ3v) is 3.81. The second kappa shape index (κ2) is 7.77. The summed E-state index contributed by atoms with van der Waals surface area (Å²) in [6, 6.07) is 15.2. The van der Waals surface area contributed by atoms with Crippen molar-refractivity contribution in [2.24, 2.45) is 5.10 Å². The number of hydrazone groups is 1. The quantitative estimate of drug-likeness (QED) is 0.892. The van der Waals surface area contributed by atoms with E-state index in [1.807, 2.05) is 18.2 Å². The van der Waals surface area contributed by atoms with Crippen LogP contribution in [0.4, 0.5) is 4.39 Å². The van der Waals surface area contributed by atoms with Crippen LogP contribution in [0.5, 0.6) is 0 Å². The van der Waals surface area contributed by atoms with Crippen LogP contribution in [-0.4, -0.2) is 35.5 Å². The number of nitrogens with one attached hydrogen (secondary N) is 1. The Labute approximate surface area is 150 Å². The van der Waals surface area contributed by atoms with Crippen LogP contribution >= 0.6 is 0 Å². The van der Waals surface area contributed by atoms with E-state index in [1.165, 1.54) is 19.1 Å². The summed E-state index contributed by atoms with van der Waals surface area (Å²) in [5.74, 6) is -0.991. The van der Waals surface area contributed by atoms with Gasteiger partial charge in [-0.15, -0.1) is 5.10 Å². The molecule has 2 aromatic carbocycles. The molecule has 3 rings (SSSR count). The molecule has 1 unspecified atom stereocenters. The monoisotopic (exact) mass is 355 g/mol. The lowest BCUT2D eigenvalue weighted by molar-refractivity contribution is -0.146. The first kappa shape index (κ1) is 17.6. The van der Waals surface area contributed by atoms with Crippen molar-refractivity contribution >= 4 is 17.7 Å². The fraction of sp³-hybridized carbons (Fsp3) is 0.211. The number of hydrogen-bond acceptors (Lipinski definition) is 4. The predicted octanol–water partition coefficient (Wildman–Crippen LogP) is 2.05. The van der Waals surface area contributed by atoms with Crippen molar-refractivity contribution < 1.29 is 18.7 Å². The minimum absolute atomic E-state index is 0.214. The Morgan fingerprint density at radius 3 is 2.65 bits per heavy atom. The van der Waals surface area contributed by atoms with Crippen LogP contribution < -0.4 is 5.32 Å². The third kappa shape index (κ3) is 4.05. The van der Waals surface area contributed by atoms with E-state index < -0.39 is 18.0 Å². The van der Waals surface area contributed by atoms with E-state index in [1.54, 1.807) is 24.3 Å². The Hall–Kier alpha value is -3.22. The highest BCUT2D eigenvalue weighted by Crippen LogP contribution is 2.17. The van der Waals surface area contributed by atoms with Gasteiger partial charge in [-0.25, -0.2) is 4.39 Å². The van der Waals surface area contributed by atoms with Gasteiger partial charge in [0.1, 0.15) is 5.82 Å². The van der Waals surface area contributed by atoms with Crippen molar-refractivity contribution in [2.75, 3.05) is 6.54 Å². The van der Waals surface area contributed by atoms with Crippen LogP contribution in [0.15, 0.2) is 59.7 Å². The van der Waals surface area contributed by atoms with Gasteiger partial charge in [-0.05, 0) is 36.2 Å². The Morgan fingerprint density at radius 1 is 1.19 bits per heavy atom. The molecule has 0 saturated heterocycles. The first-order chi connectivity index (χ1) is 12.5. The molecule has 2 amide bonds. The van der Waals surface area contributed by atoms with Crippen molar-refractivity contribution in [3.05, 3.63) is 71.5 Å². The number of halogens is 1. The van der Waals surface area contributed by atoms with E-state index in [9.17, 15) is 14.0 Å². The maximum atomic E-state index is 13.2. The first-order valence-electron chi connectivity index (χ1n) is 8.17. The van der Waals surface area contributed by atoms with Gasteiger partial charge >= 0.3 is 0 Å². The molecule has 2 aromatic rings. The summed E-state index contributed by atoms with van der Waals surface area (Å²) in [7, 11) is 0. The van der Waals surface area contributed by atoms with Crippen LogP contribution in [-0.2, 0) is 20.7 Å². The van der Waals surface area contributed by atoms with Crippen LogP contribution in [0.2, 0.25) is 0 Å². The summed E-state index contributed by atoms with van der Waals surface area (Å²) >= 11 is 0. The maximum absolute atomic E-state index is 13.2. The number of amides is 2. The van der Waals surface area contributed by atoms with Crippen LogP contribution in [0.1, 0.15) is 18.1 Å². The molecule has 0 saturated carbocycles. The number of carbonyl (C=O) groups is 2. The van der Waals surface area contributed by atoms with Crippen LogP contribution in [0, 0.1) is 5.82 Å². The predicted molar refractivity (Wildman–Crippen MR) is 93.5 cm³/mol. The average Bonchev–Trinajstić information content (AvgIpc) is 3.08. The van der Waals surface area contributed by atoms with Crippen molar-refractivity contribution in [1.82, 2.24) is 10.3 Å². The van der Waals surface area contributed by atoms with Gasteiger partial charge in [0.05, 0.1) is 0 Å². The SMILES string of the molecule is CC(=O)N1N=C(c2ccccc2)OC1C(=O)NCCc1cccc(F)c1. The summed E-state index contributed by atoms with van der Waals surface area (Å²) in [4.78, 5) is 24.2. The highest BCUT2D eigenvalue weighted by atomic mass is 19.1. The number of carbonyl (C=O) groups excluding carboxylic acids is 2. The summed E-state index contributed by atoms with van der Waals surface area (Å²) < 4.78 is 18.8. The van der Waals surface area contributed by atoms with Gasteiger partial charge in [-0.2, -0.15) is 5.01 Å². The van der Waals surface area contributed by atoms with Gasteiger partial charge < -0.3 is 10.1 Å².